The van der Waals surface area contributed by atoms with Crippen molar-refractivity contribution in [2.75, 3.05) is 20.3 Å². The summed E-state index contributed by atoms with van der Waals surface area (Å²) in [4.78, 5) is 15.9. The molecule has 1 N–H and O–H groups in total. The van der Waals surface area contributed by atoms with E-state index in [0.717, 1.165) is 11.3 Å². The lowest BCUT2D eigenvalue weighted by Gasteiger charge is -2.05. The number of benzene rings is 1. The highest BCUT2D eigenvalue weighted by atomic mass is 16.5. The van der Waals surface area contributed by atoms with Gasteiger partial charge in [0.25, 0.3) is 0 Å². The van der Waals surface area contributed by atoms with E-state index >= 15 is 0 Å². The van der Waals surface area contributed by atoms with Crippen molar-refractivity contribution >= 4 is 5.91 Å². The Hall–Kier alpha value is -2.14. The molecule has 0 radical (unpaired) electrons. The number of methoxy groups -OCH3 is 1. The van der Waals surface area contributed by atoms with Gasteiger partial charge in [-0.2, -0.15) is 0 Å². The van der Waals surface area contributed by atoms with Crippen LogP contribution in [0.2, 0.25) is 0 Å². The van der Waals surface area contributed by atoms with Gasteiger partial charge in [0, 0.05) is 32.1 Å². The Morgan fingerprint density at radius 2 is 2.04 bits per heavy atom. The van der Waals surface area contributed by atoms with Crippen LogP contribution in [0.1, 0.15) is 37.6 Å². The van der Waals surface area contributed by atoms with Gasteiger partial charge in [-0.05, 0) is 11.5 Å². The van der Waals surface area contributed by atoms with Crippen LogP contribution >= 0.6 is 0 Å². The first-order valence-corrected chi connectivity index (χ1v) is 7.91. The van der Waals surface area contributed by atoms with E-state index < -0.39 is 0 Å². The summed E-state index contributed by atoms with van der Waals surface area (Å²) in [6.45, 7) is 5.37. The minimum Gasteiger partial charge on any atom is -0.441 e. The van der Waals surface area contributed by atoms with Gasteiger partial charge in [-0.1, -0.05) is 38.1 Å². The lowest BCUT2D eigenvalue weighted by Crippen LogP contribution is -2.27. The molecule has 5 nitrogen and oxygen atoms in total. The van der Waals surface area contributed by atoms with Crippen molar-refractivity contribution in [1.82, 2.24) is 10.3 Å². The molecule has 2 rings (SSSR count). The van der Waals surface area contributed by atoms with E-state index in [1.54, 1.807) is 13.3 Å². The van der Waals surface area contributed by atoms with Gasteiger partial charge in [0.05, 0.1) is 12.8 Å². The summed E-state index contributed by atoms with van der Waals surface area (Å²) >= 11 is 0. The van der Waals surface area contributed by atoms with Gasteiger partial charge in [-0.15, -0.1) is 0 Å². The molecule has 0 unspecified atom stereocenters. The molecule has 1 aromatic carbocycles. The molecule has 0 saturated carbocycles. The van der Waals surface area contributed by atoms with E-state index in [1.165, 1.54) is 5.56 Å². The number of nitrogens with zero attached hydrogens (tertiary/aromatic N) is 1. The number of oxazole rings is 1. The zero-order valence-electron chi connectivity index (χ0n) is 14.0. The molecule has 1 aromatic heterocycles. The summed E-state index contributed by atoms with van der Waals surface area (Å²) in [5.74, 6) is 1.79. The Labute approximate surface area is 137 Å². The van der Waals surface area contributed by atoms with Crippen molar-refractivity contribution in [3.05, 3.63) is 41.9 Å². The molecule has 0 fully saturated rings. The summed E-state index contributed by atoms with van der Waals surface area (Å²) in [7, 11) is 1.61. The summed E-state index contributed by atoms with van der Waals surface area (Å²) in [6, 6.07) is 8.28. The Morgan fingerprint density at radius 3 is 2.70 bits per heavy atom. The number of aryl methyl sites for hydroxylation is 1. The van der Waals surface area contributed by atoms with Crippen LogP contribution in [0.15, 0.2) is 34.9 Å². The molecule has 124 valence electrons. The standard InChI is InChI=1S/C18H24N2O3/c1-13(2)14-4-6-15(7-5-14)16-12-20-18(23-16)9-8-17(21)19-10-11-22-3/h4-7,12-13H,8-11H2,1-3H3,(H,19,21). The monoisotopic (exact) mass is 316 g/mol. The highest BCUT2D eigenvalue weighted by Gasteiger charge is 2.09. The van der Waals surface area contributed by atoms with E-state index in [1.807, 2.05) is 12.1 Å². The lowest BCUT2D eigenvalue weighted by molar-refractivity contribution is -0.121. The molecule has 0 aliphatic carbocycles. The quantitative estimate of drug-likeness (QED) is 0.760. The van der Waals surface area contributed by atoms with Crippen LogP contribution in [-0.4, -0.2) is 31.2 Å². The summed E-state index contributed by atoms with van der Waals surface area (Å²) < 4.78 is 10.6. The molecule has 2 aromatic rings. The topological polar surface area (TPSA) is 64.4 Å². The number of aromatic nitrogens is 1. The molecule has 0 spiro atoms. The van der Waals surface area contributed by atoms with Gasteiger partial charge in [0.15, 0.2) is 11.7 Å². The average molecular weight is 316 g/mol. The molecule has 0 saturated heterocycles. The van der Waals surface area contributed by atoms with Crippen LogP contribution in [0, 0.1) is 0 Å². The van der Waals surface area contributed by atoms with Gasteiger partial charge >= 0.3 is 0 Å². The van der Waals surface area contributed by atoms with Gasteiger partial charge in [0.2, 0.25) is 5.91 Å². The highest BCUT2D eigenvalue weighted by Crippen LogP contribution is 2.23. The van der Waals surface area contributed by atoms with Gasteiger partial charge in [-0.25, -0.2) is 4.98 Å². The number of hydrogen-bond donors (Lipinski definition) is 1. The third kappa shape index (κ3) is 5.21. The van der Waals surface area contributed by atoms with Gasteiger partial charge in [-0.3, -0.25) is 4.79 Å². The molecule has 5 heteroatoms. The van der Waals surface area contributed by atoms with Crippen molar-refractivity contribution in [3.8, 4) is 11.3 Å². The summed E-state index contributed by atoms with van der Waals surface area (Å²) in [5, 5.41) is 2.78. The number of nitrogens with one attached hydrogen (secondary N) is 1. The smallest absolute Gasteiger partial charge is 0.220 e. The normalized spacial score (nSPS) is 11.0. The average Bonchev–Trinajstić information content (AvgIpc) is 3.02. The van der Waals surface area contributed by atoms with Gasteiger partial charge in [0.1, 0.15) is 0 Å². The fourth-order valence-corrected chi connectivity index (χ4v) is 2.19. The second kappa shape index (κ2) is 8.48. The maximum atomic E-state index is 11.6. The molecule has 0 aliphatic heterocycles. The molecule has 0 aliphatic rings. The molecule has 23 heavy (non-hydrogen) atoms. The Balaban J connectivity index is 1.89. The number of amides is 1. The minimum absolute atomic E-state index is 0.0249. The second-order valence-electron chi connectivity index (χ2n) is 5.74. The van der Waals surface area contributed by atoms with Gasteiger partial charge < -0.3 is 14.5 Å². The third-order valence-corrected chi connectivity index (χ3v) is 3.61. The fraction of sp³-hybridized carbons (Fsp3) is 0.444. The number of carbonyl (C=O) groups excluding carboxylic acids is 1. The Kier molecular flexibility index (Phi) is 6.35. The Bertz CT molecular complexity index is 617. The number of carbonyl (C=O) groups is 1. The molecule has 1 amide bonds. The van der Waals surface area contributed by atoms with Crippen molar-refractivity contribution < 1.29 is 13.9 Å². The van der Waals surface area contributed by atoms with Crippen molar-refractivity contribution in [3.63, 3.8) is 0 Å². The van der Waals surface area contributed by atoms with E-state index in [2.05, 4.69) is 36.3 Å². The predicted octanol–water partition coefficient (Wildman–Crippen LogP) is 3.16. The van der Waals surface area contributed by atoms with Crippen LogP contribution in [0.5, 0.6) is 0 Å². The van der Waals surface area contributed by atoms with E-state index in [4.69, 9.17) is 9.15 Å². The molecular formula is C18H24N2O3. The third-order valence-electron chi connectivity index (χ3n) is 3.61. The van der Waals surface area contributed by atoms with Crippen LogP contribution in [0.4, 0.5) is 0 Å². The van der Waals surface area contributed by atoms with Crippen molar-refractivity contribution in [2.24, 2.45) is 0 Å². The van der Waals surface area contributed by atoms with Crippen molar-refractivity contribution in [2.45, 2.75) is 32.6 Å². The zero-order chi connectivity index (χ0) is 16.7. The molecule has 0 bridgehead atoms. The van der Waals surface area contributed by atoms with Crippen LogP contribution in [0.3, 0.4) is 0 Å². The molecule has 1 heterocycles. The molecule has 0 atom stereocenters. The summed E-state index contributed by atoms with van der Waals surface area (Å²) in [5.41, 5.74) is 2.29. The lowest BCUT2D eigenvalue weighted by atomic mass is 10.0. The number of rotatable bonds is 8. The first-order chi connectivity index (χ1) is 11.1. The fourth-order valence-electron chi connectivity index (χ4n) is 2.19. The van der Waals surface area contributed by atoms with E-state index in [-0.39, 0.29) is 5.91 Å². The summed E-state index contributed by atoms with van der Waals surface area (Å²) in [6.07, 6.45) is 2.56. The number of hydrogen-bond acceptors (Lipinski definition) is 4. The first kappa shape index (κ1) is 17.2. The minimum atomic E-state index is -0.0249. The van der Waals surface area contributed by atoms with E-state index in [0.29, 0.717) is 37.8 Å². The predicted molar refractivity (Wildman–Crippen MR) is 89.2 cm³/mol. The first-order valence-electron chi connectivity index (χ1n) is 7.91. The van der Waals surface area contributed by atoms with Crippen molar-refractivity contribution in [1.29, 1.82) is 0 Å². The van der Waals surface area contributed by atoms with Crippen LogP contribution in [0.25, 0.3) is 11.3 Å². The zero-order valence-corrected chi connectivity index (χ0v) is 14.0. The van der Waals surface area contributed by atoms with E-state index in [9.17, 15) is 4.79 Å². The highest BCUT2D eigenvalue weighted by molar-refractivity contribution is 5.76. The maximum Gasteiger partial charge on any atom is 0.220 e. The molecular weight excluding hydrogens is 292 g/mol. The number of ether oxygens (including phenoxy) is 1. The van der Waals surface area contributed by atoms with Crippen LogP contribution in [-0.2, 0) is 16.0 Å². The Morgan fingerprint density at radius 1 is 1.30 bits per heavy atom. The van der Waals surface area contributed by atoms with Crippen LogP contribution < -0.4 is 5.32 Å². The maximum absolute atomic E-state index is 11.6. The second-order valence-corrected chi connectivity index (χ2v) is 5.74. The largest absolute Gasteiger partial charge is 0.441 e. The SMILES string of the molecule is COCCNC(=O)CCc1ncc(-c2ccc(C(C)C)cc2)o1.